The summed E-state index contributed by atoms with van der Waals surface area (Å²) in [4.78, 5) is 14.3. The van der Waals surface area contributed by atoms with Gasteiger partial charge in [-0.3, -0.25) is 15.1 Å². The molecule has 0 amide bonds. The topological polar surface area (TPSA) is 65.3 Å². The van der Waals surface area contributed by atoms with Gasteiger partial charge < -0.3 is 4.74 Å². The zero-order valence-corrected chi connectivity index (χ0v) is 12.6. The largest absolute Gasteiger partial charge is 0.487 e. The van der Waals surface area contributed by atoms with Crippen molar-refractivity contribution >= 4 is 33.2 Å². The van der Waals surface area contributed by atoms with Crippen LogP contribution in [-0.2, 0) is 11.9 Å². The monoisotopic (exact) mass is 356 g/mol. The molecule has 0 saturated heterocycles. The van der Waals surface area contributed by atoms with Crippen LogP contribution >= 0.6 is 27.5 Å². The lowest BCUT2D eigenvalue weighted by Gasteiger charge is -2.07. The number of benzene rings is 1. The van der Waals surface area contributed by atoms with Gasteiger partial charge in [0.15, 0.2) is 0 Å². The smallest absolute Gasteiger partial charge is 0.270 e. The predicted octanol–water partition coefficient (Wildman–Crippen LogP) is 4.12. The van der Waals surface area contributed by atoms with Gasteiger partial charge in [0.2, 0.25) is 0 Å². The van der Waals surface area contributed by atoms with E-state index in [0.29, 0.717) is 21.7 Å². The molecule has 1 heterocycles. The van der Waals surface area contributed by atoms with Crippen molar-refractivity contribution in [3.05, 3.63) is 62.9 Å². The van der Waals surface area contributed by atoms with E-state index in [0.717, 1.165) is 5.69 Å². The molecule has 5 nitrogen and oxygen atoms in total. The van der Waals surface area contributed by atoms with E-state index in [9.17, 15) is 10.1 Å². The number of nitro groups is 1. The average molecular weight is 358 g/mol. The molecule has 7 heteroatoms. The molecule has 2 aromatic rings. The van der Waals surface area contributed by atoms with Crippen LogP contribution in [0.4, 0.5) is 5.69 Å². The van der Waals surface area contributed by atoms with Crippen molar-refractivity contribution in [1.82, 2.24) is 4.98 Å². The molecule has 0 unspecified atom stereocenters. The summed E-state index contributed by atoms with van der Waals surface area (Å²) in [5.41, 5.74) is 1.55. The van der Waals surface area contributed by atoms with E-state index in [2.05, 4.69) is 20.9 Å². The van der Waals surface area contributed by atoms with Crippen LogP contribution < -0.4 is 4.74 Å². The van der Waals surface area contributed by atoms with E-state index in [1.807, 2.05) is 12.1 Å². The Hall–Kier alpha value is -1.66. The molecule has 0 aliphatic rings. The van der Waals surface area contributed by atoms with E-state index in [-0.39, 0.29) is 12.3 Å². The molecule has 2 rings (SSSR count). The van der Waals surface area contributed by atoms with Gasteiger partial charge in [-0.2, -0.15) is 0 Å². The molecule has 0 aliphatic heterocycles. The van der Waals surface area contributed by atoms with Crippen molar-refractivity contribution in [2.24, 2.45) is 0 Å². The van der Waals surface area contributed by atoms with E-state index in [4.69, 9.17) is 16.3 Å². The molecule has 0 bridgehead atoms. The Morgan fingerprint density at radius 2 is 2.15 bits per heavy atom. The molecule has 0 N–H and O–H groups in total. The van der Waals surface area contributed by atoms with Gasteiger partial charge in [-0.25, -0.2) is 0 Å². The van der Waals surface area contributed by atoms with Gasteiger partial charge in [-0.05, 0) is 18.2 Å². The second-order valence-electron chi connectivity index (χ2n) is 3.94. The molecule has 0 radical (unpaired) electrons. The van der Waals surface area contributed by atoms with E-state index >= 15 is 0 Å². The van der Waals surface area contributed by atoms with Crippen LogP contribution in [0.2, 0.25) is 5.02 Å². The molecule has 20 heavy (non-hydrogen) atoms. The number of nitrogens with zero attached hydrogens (tertiary/aromatic N) is 2. The van der Waals surface area contributed by atoms with Crippen molar-refractivity contribution in [2.75, 3.05) is 0 Å². The fourth-order valence-corrected chi connectivity index (χ4v) is 2.06. The third-order valence-corrected chi connectivity index (χ3v) is 3.50. The predicted molar refractivity (Wildman–Crippen MR) is 79.3 cm³/mol. The maximum atomic E-state index is 10.6. The van der Waals surface area contributed by atoms with Crippen molar-refractivity contribution in [3.8, 4) is 5.75 Å². The Morgan fingerprint density at radius 3 is 2.70 bits per heavy atom. The van der Waals surface area contributed by atoms with Crippen LogP contribution in [0.1, 0.15) is 11.3 Å². The number of halogens is 2. The first-order valence-electron chi connectivity index (χ1n) is 5.66. The van der Waals surface area contributed by atoms with Crippen LogP contribution in [0.5, 0.6) is 5.75 Å². The number of ether oxygens (including phenoxy) is 1. The van der Waals surface area contributed by atoms with Gasteiger partial charge in [0.1, 0.15) is 12.4 Å². The second-order valence-corrected chi connectivity index (χ2v) is 4.91. The normalized spacial score (nSPS) is 10.3. The first-order valence-corrected chi connectivity index (χ1v) is 7.16. The quantitative estimate of drug-likeness (QED) is 0.459. The SMILES string of the molecule is O=[N+]([O-])c1ccc(COc2ccc(CBr)nc2)c(Cl)c1. The van der Waals surface area contributed by atoms with Gasteiger partial charge in [0.05, 0.1) is 21.8 Å². The highest BCUT2D eigenvalue weighted by Gasteiger charge is 2.09. The molecule has 0 aliphatic carbocycles. The molecule has 1 aromatic carbocycles. The number of nitro benzene ring substituents is 1. The molecule has 0 atom stereocenters. The summed E-state index contributed by atoms with van der Waals surface area (Å²) in [5, 5.41) is 11.6. The van der Waals surface area contributed by atoms with E-state index < -0.39 is 4.92 Å². The summed E-state index contributed by atoms with van der Waals surface area (Å²) in [6, 6.07) is 7.95. The zero-order chi connectivity index (χ0) is 14.5. The number of alkyl halides is 1. The second kappa shape index (κ2) is 6.67. The van der Waals surface area contributed by atoms with Crippen molar-refractivity contribution in [3.63, 3.8) is 0 Å². The van der Waals surface area contributed by atoms with Crippen molar-refractivity contribution in [2.45, 2.75) is 11.9 Å². The van der Waals surface area contributed by atoms with Crippen LogP contribution in [0.25, 0.3) is 0 Å². The highest BCUT2D eigenvalue weighted by molar-refractivity contribution is 9.08. The van der Waals surface area contributed by atoms with Gasteiger partial charge in [-0.1, -0.05) is 27.5 Å². The number of rotatable bonds is 5. The number of hydrogen-bond acceptors (Lipinski definition) is 4. The molecular formula is C13H10BrClN2O3. The first-order chi connectivity index (χ1) is 9.60. The minimum atomic E-state index is -0.487. The van der Waals surface area contributed by atoms with Gasteiger partial charge in [-0.15, -0.1) is 0 Å². The summed E-state index contributed by atoms with van der Waals surface area (Å²) >= 11 is 9.29. The number of pyridine rings is 1. The van der Waals surface area contributed by atoms with Crippen LogP contribution in [0.3, 0.4) is 0 Å². The van der Waals surface area contributed by atoms with Crippen LogP contribution in [0, 0.1) is 10.1 Å². The highest BCUT2D eigenvalue weighted by Crippen LogP contribution is 2.23. The summed E-state index contributed by atoms with van der Waals surface area (Å²) in [5.74, 6) is 0.615. The van der Waals surface area contributed by atoms with E-state index in [1.165, 1.54) is 12.1 Å². The van der Waals surface area contributed by atoms with Gasteiger partial charge in [0, 0.05) is 23.0 Å². The average Bonchev–Trinajstić information content (AvgIpc) is 2.46. The van der Waals surface area contributed by atoms with Crippen molar-refractivity contribution in [1.29, 1.82) is 0 Å². The third-order valence-electron chi connectivity index (χ3n) is 2.58. The minimum Gasteiger partial charge on any atom is -0.487 e. The summed E-state index contributed by atoms with van der Waals surface area (Å²) in [7, 11) is 0. The lowest BCUT2D eigenvalue weighted by molar-refractivity contribution is -0.384. The molecule has 104 valence electrons. The molecule has 0 saturated carbocycles. The summed E-state index contributed by atoms with van der Waals surface area (Å²) in [6.07, 6.45) is 1.62. The molecular weight excluding hydrogens is 348 g/mol. The third kappa shape index (κ3) is 3.68. The Kier molecular flexibility index (Phi) is 4.92. The standard InChI is InChI=1S/C13H10BrClN2O3/c14-6-10-2-4-12(7-16-10)20-8-9-1-3-11(17(18)19)5-13(9)15/h1-5,7H,6,8H2. The molecule has 0 spiro atoms. The van der Waals surface area contributed by atoms with Gasteiger partial charge >= 0.3 is 0 Å². The minimum absolute atomic E-state index is 0.0397. The number of hydrogen-bond donors (Lipinski definition) is 0. The summed E-state index contributed by atoms with van der Waals surface area (Å²) < 4.78 is 5.54. The first kappa shape index (κ1) is 14.7. The summed E-state index contributed by atoms with van der Waals surface area (Å²) in [6.45, 7) is 0.228. The zero-order valence-electron chi connectivity index (χ0n) is 10.3. The fourth-order valence-electron chi connectivity index (χ4n) is 1.50. The molecule has 1 aromatic heterocycles. The van der Waals surface area contributed by atoms with Crippen molar-refractivity contribution < 1.29 is 9.66 Å². The van der Waals surface area contributed by atoms with Gasteiger partial charge in [0.25, 0.3) is 5.69 Å². The Labute approximate surface area is 128 Å². The lowest BCUT2D eigenvalue weighted by Crippen LogP contribution is -1.98. The maximum absolute atomic E-state index is 10.6. The number of non-ortho nitro benzene ring substituents is 1. The number of aromatic nitrogens is 1. The lowest BCUT2D eigenvalue weighted by atomic mass is 10.2. The molecule has 0 fully saturated rings. The van der Waals surface area contributed by atoms with Crippen LogP contribution in [-0.4, -0.2) is 9.91 Å². The Bertz CT molecular complexity index is 620. The van der Waals surface area contributed by atoms with Crippen LogP contribution in [0.15, 0.2) is 36.5 Å². The van der Waals surface area contributed by atoms with E-state index in [1.54, 1.807) is 12.3 Å². The Morgan fingerprint density at radius 1 is 1.35 bits per heavy atom. The Balaban J connectivity index is 2.04. The fraction of sp³-hybridized carbons (Fsp3) is 0.154. The highest BCUT2D eigenvalue weighted by atomic mass is 79.9. The maximum Gasteiger partial charge on any atom is 0.270 e.